The van der Waals surface area contributed by atoms with Crippen LogP contribution >= 0.6 is 7.82 Å². The quantitative estimate of drug-likeness (QED) is 0.191. The third-order valence-corrected chi connectivity index (χ3v) is 4.29. The third kappa shape index (κ3) is 39.2. The molecule has 0 aliphatic carbocycles. The molecule has 26 heavy (non-hydrogen) atoms. The summed E-state index contributed by atoms with van der Waals surface area (Å²) in [7, 11) is -4.64. The summed E-state index contributed by atoms with van der Waals surface area (Å²) in [6, 6.07) is 0. The molecule has 6 heteroatoms. The van der Waals surface area contributed by atoms with E-state index in [4.69, 9.17) is 24.0 Å². The van der Waals surface area contributed by atoms with Crippen LogP contribution in [-0.4, -0.2) is 27.9 Å². The first-order valence-electron chi connectivity index (χ1n) is 10.6. The summed E-state index contributed by atoms with van der Waals surface area (Å²) in [4.78, 5) is 21.6. The smallest absolute Gasteiger partial charge is 0.381 e. The van der Waals surface area contributed by atoms with Crippen molar-refractivity contribution in [1.29, 1.82) is 0 Å². The van der Waals surface area contributed by atoms with Crippen LogP contribution in [0.25, 0.3) is 0 Å². The molecule has 0 aliphatic heterocycles. The average molecular weight is 396 g/mol. The van der Waals surface area contributed by atoms with Crippen LogP contribution in [0, 0.1) is 6.92 Å². The van der Waals surface area contributed by atoms with Gasteiger partial charge < -0.3 is 19.4 Å². The van der Waals surface area contributed by atoms with Crippen LogP contribution in [0.4, 0.5) is 0 Å². The third-order valence-electron chi connectivity index (χ3n) is 4.29. The van der Waals surface area contributed by atoms with E-state index in [-0.39, 0.29) is 0 Å². The Morgan fingerprint density at radius 3 is 1.19 bits per heavy atom. The largest absolute Gasteiger partial charge is 0.466 e. The molecule has 0 rings (SSSR count). The molecule has 0 bridgehead atoms. The highest BCUT2D eigenvalue weighted by Gasteiger charge is 2.00. The zero-order valence-electron chi connectivity index (χ0n) is 17.0. The molecule has 159 valence electrons. The number of ether oxygens (including phenoxy) is 1. The highest BCUT2D eigenvalue weighted by Crippen LogP contribution is 2.25. The first-order chi connectivity index (χ1) is 12.4. The lowest BCUT2D eigenvalue weighted by molar-refractivity contribution is 0.156. The summed E-state index contributed by atoms with van der Waals surface area (Å²) in [6.45, 7) is 7.49. The lowest BCUT2D eigenvalue weighted by Crippen LogP contribution is -1.93. The fraction of sp³-hybridized carbons (Fsp3) is 0.950. The Bertz CT molecular complexity index is 268. The SMILES string of the molecule is O=P(O)(O)O.[CH2]COCCCCCCCCCCCCCCCCCC. The van der Waals surface area contributed by atoms with Gasteiger partial charge in [-0.1, -0.05) is 103 Å². The molecule has 0 heterocycles. The summed E-state index contributed by atoms with van der Waals surface area (Å²) in [6.07, 6.45) is 22.8. The Kier molecular flexibility index (Phi) is 25.1. The molecular weight excluding hydrogens is 351 g/mol. The van der Waals surface area contributed by atoms with Crippen molar-refractivity contribution in [2.24, 2.45) is 0 Å². The van der Waals surface area contributed by atoms with Crippen molar-refractivity contribution in [2.75, 3.05) is 13.2 Å². The standard InChI is InChI=1S/C20H41O.H3O4P/c1-3-5-6-7-8-9-10-11-12-13-14-15-16-17-18-19-20-21-4-2;1-5(2,3)4/h2-20H2,1H3;(H3,1,2,3,4). The molecule has 0 spiro atoms. The fourth-order valence-electron chi connectivity index (χ4n) is 2.85. The molecule has 5 nitrogen and oxygen atoms in total. The van der Waals surface area contributed by atoms with E-state index in [1.807, 2.05) is 0 Å². The molecule has 0 aliphatic rings. The number of hydrogen-bond donors (Lipinski definition) is 3. The van der Waals surface area contributed by atoms with E-state index in [2.05, 4.69) is 13.8 Å². The minimum Gasteiger partial charge on any atom is -0.381 e. The molecule has 0 amide bonds. The van der Waals surface area contributed by atoms with Crippen molar-refractivity contribution in [3.05, 3.63) is 6.92 Å². The normalized spacial score (nSPS) is 11.3. The van der Waals surface area contributed by atoms with Crippen molar-refractivity contribution >= 4 is 7.82 Å². The number of phosphoric acid groups is 1. The second kappa shape index (κ2) is 23.1. The van der Waals surface area contributed by atoms with Gasteiger partial charge in [0.1, 0.15) is 0 Å². The predicted octanol–water partition coefficient (Wildman–Crippen LogP) is 6.17. The predicted molar refractivity (Wildman–Crippen MR) is 110 cm³/mol. The lowest BCUT2D eigenvalue weighted by atomic mass is 10.0. The monoisotopic (exact) mass is 395 g/mol. The van der Waals surface area contributed by atoms with Crippen LogP contribution in [0.2, 0.25) is 0 Å². The van der Waals surface area contributed by atoms with Gasteiger partial charge in [-0.2, -0.15) is 0 Å². The Balaban J connectivity index is 0. The van der Waals surface area contributed by atoms with Gasteiger partial charge in [0.2, 0.25) is 0 Å². The summed E-state index contributed by atoms with van der Waals surface area (Å²) in [5.74, 6) is 0. The van der Waals surface area contributed by atoms with E-state index in [1.54, 1.807) is 0 Å². The van der Waals surface area contributed by atoms with Crippen molar-refractivity contribution < 1.29 is 24.0 Å². The maximum atomic E-state index is 8.88. The molecular formula is C20H44O5P. The van der Waals surface area contributed by atoms with Gasteiger partial charge in [0.05, 0.1) is 0 Å². The molecule has 1 radical (unpaired) electrons. The van der Waals surface area contributed by atoms with Crippen LogP contribution in [0.1, 0.15) is 110 Å². The first-order valence-corrected chi connectivity index (χ1v) is 12.1. The molecule has 0 aromatic heterocycles. The molecule has 0 saturated heterocycles. The average Bonchev–Trinajstić information content (AvgIpc) is 2.56. The molecule has 0 unspecified atom stereocenters. The summed E-state index contributed by atoms with van der Waals surface area (Å²) < 4.78 is 14.1. The maximum absolute atomic E-state index is 8.88. The lowest BCUT2D eigenvalue weighted by Gasteiger charge is -2.03. The van der Waals surface area contributed by atoms with Crippen molar-refractivity contribution in [2.45, 2.75) is 110 Å². The Labute approximate surface area is 162 Å². The van der Waals surface area contributed by atoms with E-state index in [0.29, 0.717) is 6.61 Å². The molecule has 0 saturated carbocycles. The van der Waals surface area contributed by atoms with E-state index in [1.165, 1.54) is 103 Å². The van der Waals surface area contributed by atoms with Crippen LogP contribution in [0.3, 0.4) is 0 Å². The minimum absolute atomic E-state index is 0.624. The van der Waals surface area contributed by atoms with Crippen molar-refractivity contribution in [3.8, 4) is 0 Å². The number of unbranched alkanes of at least 4 members (excludes halogenated alkanes) is 15. The van der Waals surface area contributed by atoms with Gasteiger partial charge in [0, 0.05) is 13.2 Å². The molecule has 3 N–H and O–H groups in total. The maximum Gasteiger partial charge on any atom is 0.466 e. The summed E-state index contributed by atoms with van der Waals surface area (Å²) in [5.41, 5.74) is 0. The second-order valence-electron chi connectivity index (χ2n) is 6.93. The highest BCUT2D eigenvalue weighted by molar-refractivity contribution is 7.45. The second-order valence-corrected chi connectivity index (χ2v) is 7.96. The van der Waals surface area contributed by atoms with E-state index < -0.39 is 7.82 Å². The van der Waals surface area contributed by atoms with Crippen molar-refractivity contribution in [1.82, 2.24) is 0 Å². The van der Waals surface area contributed by atoms with Gasteiger partial charge >= 0.3 is 7.82 Å². The fourth-order valence-corrected chi connectivity index (χ4v) is 2.85. The number of rotatable bonds is 18. The number of hydrogen-bond acceptors (Lipinski definition) is 2. The minimum atomic E-state index is -4.64. The van der Waals surface area contributed by atoms with Crippen molar-refractivity contribution in [3.63, 3.8) is 0 Å². The van der Waals surface area contributed by atoms with Gasteiger partial charge in [0.15, 0.2) is 0 Å². The molecule has 0 fully saturated rings. The zero-order valence-corrected chi connectivity index (χ0v) is 17.9. The summed E-state index contributed by atoms with van der Waals surface area (Å²) in [5, 5.41) is 0. The first kappa shape index (κ1) is 28.3. The van der Waals surface area contributed by atoms with E-state index in [0.717, 1.165) is 6.61 Å². The van der Waals surface area contributed by atoms with E-state index >= 15 is 0 Å². The molecule has 0 atom stereocenters. The van der Waals surface area contributed by atoms with Crippen LogP contribution in [-0.2, 0) is 9.30 Å². The molecule has 0 aromatic rings. The topological polar surface area (TPSA) is 87.0 Å². The Hall–Kier alpha value is 0.0700. The van der Waals surface area contributed by atoms with Gasteiger partial charge in [-0.05, 0) is 13.3 Å². The Morgan fingerprint density at radius 2 is 0.923 bits per heavy atom. The van der Waals surface area contributed by atoms with Crippen LogP contribution < -0.4 is 0 Å². The van der Waals surface area contributed by atoms with Gasteiger partial charge in [-0.3, -0.25) is 0 Å². The Morgan fingerprint density at radius 1 is 0.654 bits per heavy atom. The van der Waals surface area contributed by atoms with Gasteiger partial charge in [0.25, 0.3) is 0 Å². The highest BCUT2D eigenvalue weighted by atomic mass is 31.2. The summed E-state index contributed by atoms with van der Waals surface area (Å²) >= 11 is 0. The van der Waals surface area contributed by atoms with Gasteiger partial charge in [-0.25, -0.2) is 4.57 Å². The van der Waals surface area contributed by atoms with Gasteiger partial charge in [-0.15, -0.1) is 0 Å². The molecule has 0 aromatic carbocycles. The van der Waals surface area contributed by atoms with Crippen LogP contribution in [0.5, 0.6) is 0 Å². The van der Waals surface area contributed by atoms with E-state index in [9.17, 15) is 0 Å². The van der Waals surface area contributed by atoms with Crippen LogP contribution in [0.15, 0.2) is 0 Å². The zero-order chi connectivity index (χ0) is 19.9.